The highest BCUT2D eigenvalue weighted by Crippen LogP contribution is 2.24. The molecule has 31 heavy (non-hydrogen) atoms. The van der Waals surface area contributed by atoms with Crippen LogP contribution in [0, 0.1) is 0 Å². The standard InChI is InChI=1S/C20H14Br2ClN7O/c21-13-3-4-28-11-25-16(17(28)5-13)7-24-20(31)12-6-26-29(8-12)9-14-10-30-18(27-14)2-1-15(22)19(30)23/h1-6,8,10-11H,7,9H2,(H,24,31). The number of carbonyl (C=O) groups is 1. The maximum Gasteiger partial charge on any atom is 0.254 e. The second kappa shape index (κ2) is 8.10. The number of aromatic nitrogens is 6. The minimum absolute atomic E-state index is 0.218. The van der Waals surface area contributed by atoms with Crippen molar-refractivity contribution in [2.75, 3.05) is 0 Å². The molecular formula is C20H14Br2ClN7O. The van der Waals surface area contributed by atoms with Crippen LogP contribution in [0.1, 0.15) is 21.7 Å². The molecule has 1 N–H and O–H groups in total. The van der Waals surface area contributed by atoms with Gasteiger partial charge in [-0.2, -0.15) is 5.10 Å². The van der Waals surface area contributed by atoms with E-state index >= 15 is 0 Å². The maximum atomic E-state index is 12.6. The molecule has 0 unspecified atom stereocenters. The summed E-state index contributed by atoms with van der Waals surface area (Å²) in [6.07, 6.45) is 8.72. The molecule has 5 aromatic heterocycles. The number of fused-ring (bicyclic) bond motifs is 2. The molecule has 0 saturated heterocycles. The van der Waals surface area contributed by atoms with Crippen molar-refractivity contribution in [1.82, 2.24) is 33.9 Å². The van der Waals surface area contributed by atoms with E-state index in [4.69, 9.17) is 11.6 Å². The monoisotopic (exact) mass is 561 g/mol. The Morgan fingerprint density at radius 1 is 1.19 bits per heavy atom. The van der Waals surface area contributed by atoms with Crippen LogP contribution in [0.25, 0.3) is 11.2 Å². The lowest BCUT2D eigenvalue weighted by Gasteiger charge is -2.02. The van der Waals surface area contributed by atoms with Crippen LogP contribution in [0.3, 0.4) is 0 Å². The van der Waals surface area contributed by atoms with Gasteiger partial charge in [0.15, 0.2) is 0 Å². The SMILES string of the molecule is O=C(NCc1ncn2ccc(Br)cc12)c1cnn(Cc2cn3c(Cl)c(Br)ccc3n2)c1. The summed E-state index contributed by atoms with van der Waals surface area (Å²) in [5, 5.41) is 7.74. The van der Waals surface area contributed by atoms with Gasteiger partial charge in [-0.3, -0.25) is 13.9 Å². The van der Waals surface area contributed by atoms with Crippen LogP contribution in [-0.2, 0) is 13.1 Å². The van der Waals surface area contributed by atoms with Gasteiger partial charge < -0.3 is 9.72 Å². The number of pyridine rings is 2. The zero-order valence-electron chi connectivity index (χ0n) is 15.8. The molecule has 0 bridgehead atoms. The van der Waals surface area contributed by atoms with Gasteiger partial charge in [-0.15, -0.1) is 0 Å². The Labute approximate surface area is 198 Å². The number of nitrogens with one attached hydrogen (secondary N) is 1. The highest BCUT2D eigenvalue weighted by atomic mass is 79.9. The molecule has 5 heterocycles. The van der Waals surface area contributed by atoms with Crippen molar-refractivity contribution < 1.29 is 4.79 Å². The molecule has 8 nitrogen and oxygen atoms in total. The first kappa shape index (κ1) is 20.2. The predicted molar refractivity (Wildman–Crippen MR) is 123 cm³/mol. The van der Waals surface area contributed by atoms with E-state index in [0.29, 0.717) is 23.8 Å². The highest BCUT2D eigenvalue weighted by Gasteiger charge is 2.13. The Bertz CT molecular complexity index is 1440. The maximum absolute atomic E-state index is 12.6. The van der Waals surface area contributed by atoms with E-state index in [2.05, 4.69) is 52.2 Å². The molecule has 0 aliphatic carbocycles. The molecule has 1 amide bonds. The minimum atomic E-state index is -0.218. The lowest BCUT2D eigenvalue weighted by Crippen LogP contribution is -2.22. The van der Waals surface area contributed by atoms with Crippen molar-refractivity contribution in [3.63, 3.8) is 0 Å². The lowest BCUT2D eigenvalue weighted by molar-refractivity contribution is 0.0950. The average Bonchev–Trinajstić information content (AvgIpc) is 3.48. The first-order valence-electron chi connectivity index (χ1n) is 9.21. The van der Waals surface area contributed by atoms with E-state index in [1.54, 1.807) is 21.6 Å². The van der Waals surface area contributed by atoms with Gasteiger partial charge >= 0.3 is 0 Å². The van der Waals surface area contributed by atoms with E-state index in [1.165, 1.54) is 6.20 Å². The second-order valence-electron chi connectivity index (χ2n) is 6.87. The van der Waals surface area contributed by atoms with E-state index in [9.17, 15) is 4.79 Å². The molecule has 0 radical (unpaired) electrons. The molecule has 5 aromatic rings. The fraction of sp³-hybridized carbons (Fsp3) is 0.100. The molecule has 5 rings (SSSR count). The molecule has 0 aliphatic rings. The van der Waals surface area contributed by atoms with Gasteiger partial charge in [0.25, 0.3) is 5.91 Å². The van der Waals surface area contributed by atoms with Crippen LogP contribution in [-0.4, -0.2) is 34.5 Å². The van der Waals surface area contributed by atoms with Crippen LogP contribution in [0.15, 0.2) is 64.3 Å². The van der Waals surface area contributed by atoms with Crippen LogP contribution in [0.2, 0.25) is 5.15 Å². The molecule has 11 heteroatoms. The summed E-state index contributed by atoms with van der Waals surface area (Å²) in [6, 6.07) is 7.62. The number of carbonyl (C=O) groups excluding carboxylic acids is 1. The fourth-order valence-electron chi connectivity index (χ4n) is 3.28. The van der Waals surface area contributed by atoms with Gasteiger partial charge in [0.1, 0.15) is 10.8 Å². The minimum Gasteiger partial charge on any atom is -0.346 e. The van der Waals surface area contributed by atoms with Crippen molar-refractivity contribution in [2.24, 2.45) is 0 Å². The Morgan fingerprint density at radius 2 is 2.06 bits per heavy atom. The Morgan fingerprint density at radius 3 is 2.94 bits per heavy atom. The van der Waals surface area contributed by atoms with Gasteiger partial charge in [0.05, 0.1) is 52.6 Å². The summed E-state index contributed by atoms with van der Waals surface area (Å²) in [5.74, 6) is -0.218. The number of hydrogen-bond acceptors (Lipinski definition) is 4. The first-order valence-corrected chi connectivity index (χ1v) is 11.2. The third kappa shape index (κ3) is 3.98. The molecule has 0 aliphatic heterocycles. The number of nitrogens with zero attached hydrogens (tertiary/aromatic N) is 6. The van der Waals surface area contributed by atoms with Gasteiger partial charge in [0, 0.05) is 23.1 Å². The summed E-state index contributed by atoms with van der Waals surface area (Å²) in [4.78, 5) is 21.5. The first-order chi connectivity index (χ1) is 15.0. The number of rotatable bonds is 5. The highest BCUT2D eigenvalue weighted by molar-refractivity contribution is 9.10. The summed E-state index contributed by atoms with van der Waals surface area (Å²) < 4.78 is 7.12. The van der Waals surface area contributed by atoms with Crippen LogP contribution < -0.4 is 5.32 Å². The van der Waals surface area contributed by atoms with Crippen LogP contribution in [0.5, 0.6) is 0 Å². The molecule has 0 fully saturated rings. The summed E-state index contributed by atoms with van der Waals surface area (Å²) in [6.45, 7) is 0.736. The second-order valence-corrected chi connectivity index (χ2v) is 9.00. The normalized spacial score (nSPS) is 11.5. The van der Waals surface area contributed by atoms with Gasteiger partial charge in [-0.1, -0.05) is 27.5 Å². The average molecular weight is 564 g/mol. The summed E-state index contributed by atoms with van der Waals surface area (Å²) in [7, 11) is 0. The zero-order chi connectivity index (χ0) is 21.5. The third-order valence-electron chi connectivity index (χ3n) is 4.79. The van der Waals surface area contributed by atoms with E-state index in [-0.39, 0.29) is 5.91 Å². The molecule has 0 aromatic carbocycles. The molecule has 156 valence electrons. The Hall–Kier alpha value is -2.69. The number of amides is 1. The Balaban J connectivity index is 1.28. The van der Waals surface area contributed by atoms with Crippen molar-refractivity contribution >= 4 is 60.5 Å². The van der Waals surface area contributed by atoms with E-state index in [0.717, 1.165) is 31.5 Å². The van der Waals surface area contributed by atoms with Gasteiger partial charge in [0.2, 0.25) is 0 Å². The number of halogens is 3. The van der Waals surface area contributed by atoms with Gasteiger partial charge in [-0.05, 0) is 40.2 Å². The van der Waals surface area contributed by atoms with Crippen molar-refractivity contribution in [3.05, 3.63) is 86.4 Å². The zero-order valence-corrected chi connectivity index (χ0v) is 19.8. The molecular weight excluding hydrogens is 550 g/mol. The number of hydrogen-bond donors (Lipinski definition) is 1. The largest absolute Gasteiger partial charge is 0.346 e. The van der Waals surface area contributed by atoms with Gasteiger partial charge in [-0.25, -0.2) is 9.97 Å². The lowest BCUT2D eigenvalue weighted by atomic mass is 10.3. The predicted octanol–water partition coefficient (Wildman–Crippen LogP) is 4.34. The smallest absolute Gasteiger partial charge is 0.254 e. The summed E-state index contributed by atoms with van der Waals surface area (Å²) in [5.41, 5.74) is 3.71. The van der Waals surface area contributed by atoms with Crippen molar-refractivity contribution in [1.29, 1.82) is 0 Å². The fourth-order valence-corrected chi connectivity index (χ4v) is 4.14. The van der Waals surface area contributed by atoms with E-state index < -0.39 is 0 Å². The third-order valence-corrected chi connectivity index (χ3v) is 6.53. The Kier molecular flexibility index (Phi) is 5.28. The van der Waals surface area contributed by atoms with Crippen LogP contribution in [0.4, 0.5) is 0 Å². The molecule has 0 atom stereocenters. The topological polar surface area (TPSA) is 81.5 Å². The van der Waals surface area contributed by atoms with Crippen molar-refractivity contribution in [2.45, 2.75) is 13.1 Å². The quantitative estimate of drug-likeness (QED) is 0.323. The number of imidazole rings is 2. The molecule has 0 spiro atoms. The molecule has 0 saturated carbocycles. The summed E-state index contributed by atoms with van der Waals surface area (Å²) >= 11 is 13.2. The van der Waals surface area contributed by atoms with Crippen molar-refractivity contribution in [3.8, 4) is 0 Å². The van der Waals surface area contributed by atoms with E-state index in [1.807, 2.05) is 41.1 Å². The van der Waals surface area contributed by atoms with Crippen LogP contribution >= 0.6 is 43.5 Å².